The van der Waals surface area contributed by atoms with E-state index in [1.165, 1.54) is 64.3 Å². The molecule has 162 valence electrons. The van der Waals surface area contributed by atoms with E-state index in [-0.39, 0.29) is 10.9 Å². The molecule has 0 aliphatic carbocycles. The number of ether oxygens (including phenoxy) is 1. The van der Waals surface area contributed by atoms with Gasteiger partial charge in [-0.3, -0.25) is 9.59 Å². The van der Waals surface area contributed by atoms with E-state index < -0.39 is 0 Å². The van der Waals surface area contributed by atoms with Crippen LogP contribution < -0.4 is 16.2 Å². The summed E-state index contributed by atoms with van der Waals surface area (Å²) in [5.74, 6) is 0. The summed E-state index contributed by atoms with van der Waals surface area (Å²) in [6.07, 6.45) is 13.9. The molecule has 0 fully saturated rings. The van der Waals surface area contributed by atoms with Crippen LogP contribution in [0.15, 0.2) is 9.59 Å². The third kappa shape index (κ3) is 9.83. The molecule has 0 saturated carbocycles. The van der Waals surface area contributed by atoms with Gasteiger partial charge >= 0.3 is 0 Å². The summed E-state index contributed by atoms with van der Waals surface area (Å²) >= 11 is 0. The van der Waals surface area contributed by atoms with Crippen LogP contribution in [0, 0.1) is 6.92 Å². The Kier molecular flexibility index (Phi) is 13.9. The first-order valence-corrected chi connectivity index (χ1v) is 11.4. The Morgan fingerprint density at radius 2 is 1.36 bits per heavy atom. The molecule has 0 spiro atoms. The highest BCUT2D eigenvalue weighted by Crippen LogP contribution is 2.09. The van der Waals surface area contributed by atoms with E-state index >= 15 is 0 Å². The number of unbranched alkanes of at least 4 members (excludes halogenated alkanes) is 8. The second kappa shape index (κ2) is 15.7. The van der Waals surface area contributed by atoms with Gasteiger partial charge in [-0.05, 0) is 52.2 Å². The van der Waals surface area contributed by atoms with Crippen molar-refractivity contribution >= 4 is 5.69 Å². The normalized spacial score (nSPS) is 11.6. The molecule has 5 nitrogen and oxygen atoms in total. The molecule has 28 heavy (non-hydrogen) atoms. The summed E-state index contributed by atoms with van der Waals surface area (Å²) in [6, 6.07) is 0. The fourth-order valence-electron chi connectivity index (χ4n) is 3.62. The lowest BCUT2D eigenvalue weighted by molar-refractivity contribution is 0.190. The maximum absolute atomic E-state index is 11.5. The molecule has 1 N–H and O–H groups in total. The highest BCUT2D eigenvalue weighted by molar-refractivity contribution is 5.55. The van der Waals surface area contributed by atoms with E-state index in [0.29, 0.717) is 11.3 Å². The zero-order chi connectivity index (χ0) is 20.6. The van der Waals surface area contributed by atoms with Crippen molar-refractivity contribution in [2.45, 2.75) is 84.5 Å². The average molecular weight is 395 g/mol. The topological polar surface area (TPSA) is 58.6 Å². The number of hydrogen-bond acceptors (Lipinski definition) is 5. The standard InChI is InChI=1S/C23H42N2O3/c1-4-5-6-7-8-11-16-25(17-12-9-10-13-19-28-3)18-14-15-24-21-20(2)22(26)23(21)27/h24H,4-19H2,1-3H3. The Morgan fingerprint density at radius 3 is 1.96 bits per heavy atom. The third-order valence-electron chi connectivity index (χ3n) is 5.50. The van der Waals surface area contributed by atoms with Gasteiger partial charge in [0.1, 0.15) is 0 Å². The van der Waals surface area contributed by atoms with E-state index in [1.54, 1.807) is 14.0 Å². The van der Waals surface area contributed by atoms with Crippen molar-refractivity contribution in [1.82, 2.24) is 4.90 Å². The predicted molar refractivity (Wildman–Crippen MR) is 119 cm³/mol. The fourth-order valence-corrected chi connectivity index (χ4v) is 3.62. The summed E-state index contributed by atoms with van der Waals surface area (Å²) in [4.78, 5) is 25.4. The van der Waals surface area contributed by atoms with Crippen molar-refractivity contribution in [3.63, 3.8) is 0 Å². The van der Waals surface area contributed by atoms with Gasteiger partial charge in [-0.2, -0.15) is 0 Å². The number of nitrogens with zero attached hydrogens (tertiary/aromatic N) is 1. The zero-order valence-electron chi connectivity index (χ0n) is 18.5. The van der Waals surface area contributed by atoms with Crippen LogP contribution in [-0.2, 0) is 4.74 Å². The van der Waals surface area contributed by atoms with Crippen molar-refractivity contribution in [3.05, 3.63) is 26.0 Å². The van der Waals surface area contributed by atoms with Crippen LogP contribution >= 0.6 is 0 Å². The van der Waals surface area contributed by atoms with Gasteiger partial charge in [0.05, 0.1) is 5.69 Å². The smallest absolute Gasteiger partial charge is 0.249 e. The van der Waals surface area contributed by atoms with Gasteiger partial charge < -0.3 is 15.0 Å². The molecule has 0 aliphatic rings. The second-order valence-corrected chi connectivity index (χ2v) is 7.95. The van der Waals surface area contributed by atoms with Crippen molar-refractivity contribution < 1.29 is 4.74 Å². The average Bonchev–Trinajstić information content (AvgIpc) is 2.71. The molecule has 0 bridgehead atoms. The monoisotopic (exact) mass is 394 g/mol. The Hall–Kier alpha value is -1.20. The molecular weight excluding hydrogens is 352 g/mol. The van der Waals surface area contributed by atoms with Gasteiger partial charge in [-0.1, -0.05) is 51.9 Å². The number of hydrogen-bond donors (Lipinski definition) is 1. The lowest BCUT2D eigenvalue weighted by Crippen LogP contribution is -2.37. The van der Waals surface area contributed by atoms with Gasteiger partial charge in [0.25, 0.3) is 0 Å². The van der Waals surface area contributed by atoms with Crippen LogP contribution in [0.2, 0.25) is 0 Å². The first kappa shape index (κ1) is 24.8. The zero-order valence-corrected chi connectivity index (χ0v) is 18.5. The van der Waals surface area contributed by atoms with Gasteiger partial charge in [-0.15, -0.1) is 0 Å². The Morgan fingerprint density at radius 1 is 0.786 bits per heavy atom. The van der Waals surface area contributed by atoms with Crippen molar-refractivity contribution in [2.24, 2.45) is 0 Å². The lowest BCUT2D eigenvalue weighted by Gasteiger charge is -2.23. The molecule has 1 rings (SSSR count). The van der Waals surface area contributed by atoms with Crippen LogP contribution in [0.1, 0.15) is 83.1 Å². The van der Waals surface area contributed by atoms with Crippen molar-refractivity contribution in [1.29, 1.82) is 0 Å². The summed E-state index contributed by atoms with van der Waals surface area (Å²) in [5.41, 5.74) is 0.439. The molecule has 0 unspecified atom stereocenters. The predicted octanol–water partition coefficient (Wildman–Crippen LogP) is 4.26. The first-order chi connectivity index (χ1) is 13.6. The highest BCUT2D eigenvalue weighted by atomic mass is 16.5. The maximum Gasteiger partial charge on any atom is 0.249 e. The molecule has 0 aromatic heterocycles. The summed E-state index contributed by atoms with van der Waals surface area (Å²) in [7, 11) is 1.76. The van der Waals surface area contributed by atoms with E-state index in [9.17, 15) is 9.59 Å². The van der Waals surface area contributed by atoms with Crippen molar-refractivity contribution in [3.8, 4) is 0 Å². The lowest BCUT2D eigenvalue weighted by atomic mass is 10.1. The van der Waals surface area contributed by atoms with Crippen LogP contribution in [-0.4, -0.2) is 44.8 Å². The fraction of sp³-hybridized carbons (Fsp3) is 0.826. The van der Waals surface area contributed by atoms with Crippen LogP contribution in [0.5, 0.6) is 0 Å². The molecule has 0 atom stereocenters. The Balaban J connectivity index is 2.24. The van der Waals surface area contributed by atoms with Gasteiger partial charge in [0, 0.05) is 25.8 Å². The largest absolute Gasteiger partial charge is 0.385 e. The molecule has 5 heteroatoms. The van der Waals surface area contributed by atoms with Crippen LogP contribution in [0.25, 0.3) is 0 Å². The summed E-state index contributed by atoms with van der Waals surface area (Å²) in [5, 5.41) is 3.15. The molecule has 1 aromatic carbocycles. The molecule has 1 aromatic rings. The number of methoxy groups -OCH3 is 1. The molecule has 0 aliphatic heterocycles. The minimum absolute atomic E-state index is 0.333. The molecule has 0 saturated heterocycles. The third-order valence-corrected chi connectivity index (χ3v) is 5.50. The van der Waals surface area contributed by atoms with Crippen LogP contribution in [0.4, 0.5) is 5.69 Å². The van der Waals surface area contributed by atoms with E-state index in [4.69, 9.17) is 4.74 Å². The molecule has 0 radical (unpaired) electrons. The quantitative estimate of drug-likeness (QED) is 0.281. The first-order valence-electron chi connectivity index (χ1n) is 11.4. The minimum Gasteiger partial charge on any atom is -0.385 e. The van der Waals surface area contributed by atoms with Gasteiger partial charge in [0.2, 0.25) is 10.9 Å². The molecule has 0 amide bonds. The van der Waals surface area contributed by atoms with E-state index in [1.807, 2.05) is 0 Å². The number of nitrogens with one attached hydrogen (secondary N) is 1. The summed E-state index contributed by atoms with van der Waals surface area (Å²) in [6.45, 7) is 8.97. The van der Waals surface area contributed by atoms with Gasteiger partial charge in [-0.25, -0.2) is 0 Å². The SMILES string of the molecule is CCCCCCCCN(CCCCCCOC)CCCNc1c(C)c(=O)c1=O. The number of anilines is 1. The van der Waals surface area contributed by atoms with Gasteiger partial charge in [0.15, 0.2) is 0 Å². The van der Waals surface area contributed by atoms with Crippen molar-refractivity contribution in [2.75, 3.05) is 45.2 Å². The highest BCUT2D eigenvalue weighted by Gasteiger charge is 2.15. The second-order valence-electron chi connectivity index (χ2n) is 7.95. The van der Waals surface area contributed by atoms with E-state index in [2.05, 4.69) is 17.1 Å². The Bertz CT molecular complexity index is 563. The molecule has 0 heterocycles. The number of rotatable bonds is 19. The summed E-state index contributed by atoms with van der Waals surface area (Å²) < 4.78 is 5.12. The maximum atomic E-state index is 11.5. The molecular formula is C23H42N2O3. The van der Waals surface area contributed by atoms with E-state index in [0.717, 1.165) is 39.1 Å². The van der Waals surface area contributed by atoms with Crippen LogP contribution in [0.3, 0.4) is 0 Å². The Labute approximate surface area is 171 Å². The minimum atomic E-state index is -0.350.